The molecule has 4 nitrogen and oxygen atoms in total. The third-order valence-corrected chi connectivity index (χ3v) is 6.19. The second-order valence-electron chi connectivity index (χ2n) is 5.96. The van der Waals surface area contributed by atoms with Crippen LogP contribution in [0.15, 0.2) is 0 Å². The molecule has 0 bridgehead atoms. The molecule has 0 aliphatic carbocycles. The lowest BCUT2D eigenvalue weighted by Gasteiger charge is -2.28. The second-order valence-corrected chi connectivity index (χ2v) is 7.10. The summed E-state index contributed by atoms with van der Waals surface area (Å²) in [6.07, 6.45) is 4.33. The van der Waals surface area contributed by atoms with Crippen LogP contribution < -0.4 is 5.32 Å². The minimum absolute atomic E-state index is 0.279. The zero-order valence-electron chi connectivity index (χ0n) is 13.6. The van der Waals surface area contributed by atoms with Gasteiger partial charge in [-0.15, -0.1) is 11.3 Å². The lowest BCUT2D eigenvalue weighted by Crippen LogP contribution is -2.30. The van der Waals surface area contributed by atoms with Crippen LogP contribution in [0.1, 0.15) is 57.8 Å². The number of carbonyl (C=O) groups is 2. The van der Waals surface area contributed by atoms with E-state index in [-0.39, 0.29) is 5.97 Å². The van der Waals surface area contributed by atoms with Gasteiger partial charge in [-0.25, -0.2) is 4.79 Å². The number of hydrogen-bond acceptors (Lipinski definition) is 5. The third kappa shape index (κ3) is 3.58. The molecule has 5 heteroatoms. The summed E-state index contributed by atoms with van der Waals surface area (Å²) in [7, 11) is 1.42. The molecule has 1 aliphatic rings. The first-order valence-electron chi connectivity index (χ1n) is 7.95. The maximum atomic E-state index is 12.1. The van der Waals surface area contributed by atoms with Crippen LogP contribution in [0.2, 0.25) is 0 Å². The molecule has 1 N–H and O–H groups in total. The van der Waals surface area contributed by atoms with Crippen molar-refractivity contribution < 1.29 is 14.3 Å². The van der Waals surface area contributed by atoms with Gasteiger partial charge in [0.25, 0.3) is 0 Å². The van der Waals surface area contributed by atoms with E-state index in [1.165, 1.54) is 24.8 Å². The van der Waals surface area contributed by atoms with E-state index in [2.05, 4.69) is 12.2 Å². The summed E-state index contributed by atoms with van der Waals surface area (Å²) in [5.41, 5.74) is 1.73. The summed E-state index contributed by atoms with van der Waals surface area (Å²) < 4.78 is 4.95. The fourth-order valence-corrected chi connectivity index (χ4v) is 4.78. The summed E-state index contributed by atoms with van der Waals surface area (Å²) in [6, 6.07) is 0. The molecule has 2 rings (SSSR count). The monoisotopic (exact) mass is 323 g/mol. The molecule has 1 aromatic rings. The molecule has 2 heterocycles. The molecule has 1 unspecified atom stereocenters. The van der Waals surface area contributed by atoms with Crippen LogP contribution in [0.4, 0.5) is 0 Å². The molecule has 1 fully saturated rings. The number of aldehydes is 1. The van der Waals surface area contributed by atoms with E-state index < -0.39 is 0 Å². The van der Waals surface area contributed by atoms with Crippen molar-refractivity contribution in [3.63, 3.8) is 0 Å². The molecule has 0 radical (unpaired) electrons. The van der Waals surface area contributed by atoms with Crippen LogP contribution in [-0.4, -0.2) is 32.5 Å². The quantitative estimate of drug-likeness (QED) is 0.646. The number of hydrogen-bond donors (Lipinski definition) is 1. The van der Waals surface area contributed by atoms with Crippen molar-refractivity contribution in [3.8, 4) is 0 Å². The van der Waals surface area contributed by atoms with Crippen LogP contribution >= 0.6 is 11.3 Å². The first-order chi connectivity index (χ1) is 10.6. The lowest BCUT2D eigenvalue weighted by molar-refractivity contribution is -0.107. The zero-order valence-corrected chi connectivity index (χ0v) is 14.4. The van der Waals surface area contributed by atoms with Crippen LogP contribution in [-0.2, 0) is 16.0 Å². The fourth-order valence-electron chi connectivity index (χ4n) is 3.32. The van der Waals surface area contributed by atoms with Crippen molar-refractivity contribution in [2.75, 3.05) is 20.2 Å². The molecular formula is C17H25NO3S. The van der Waals surface area contributed by atoms with Gasteiger partial charge in [0.2, 0.25) is 0 Å². The molecule has 0 aromatic carbocycles. The first-order valence-corrected chi connectivity index (χ1v) is 8.76. The topological polar surface area (TPSA) is 55.4 Å². The molecule has 22 heavy (non-hydrogen) atoms. The molecule has 1 aliphatic heterocycles. The Kier molecular flexibility index (Phi) is 6.15. The summed E-state index contributed by atoms with van der Waals surface area (Å²) >= 11 is 1.69. The van der Waals surface area contributed by atoms with Gasteiger partial charge in [0.1, 0.15) is 6.29 Å². The highest BCUT2D eigenvalue weighted by Gasteiger charge is 2.28. The van der Waals surface area contributed by atoms with Gasteiger partial charge in [0.05, 0.1) is 12.7 Å². The maximum absolute atomic E-state index is 12.1. The van der Waals surface area contributed by atoms with E-state index in [1.807, 2.05) is 6.92 Å². The number of aryl methyl sites for hydroxylation is 1. The fraction of sp³-hybridized carbons (Fsp3) is 0.647. The predicted molar refractivity (Wildman–Crippen MR) is 88.8 cm³/mol. The maximum Gasteiger partial charge on any atom is 0.339 e. The van der Waals surface area contributed by atoms with Gasteiger partial charge in [-0.3, -0.25) is 0 Å². The Hall–Kier alpha value is -1.20. The first kappa shape index (κ1) is 17.2. The Labute approximate surface area is 136 Å². The van der Waals surface area contributed by atoms with E-state index in [0.717, 1.165) is 29.8 Å². The Morgan fingerprint density at radius 2 is 2.14 bits per heavy atom. The Bertz CT molecular complexity index is 532. The van der Waals surface area contributed by atoms with Gasteiger partial charge < -0.3 is 14.8 Å². The van der Waals surface area contributed by atoms with Crippen molar-refractivity contribution in [2.24, 2.45) is 5.92 Å². The van der Waals surface area contributed by atoms with E-state index in [1.54, 1.807) is 11.3 Å². The smallest absolute Gasteiger partial charge is 0.339 e. The minimum atomic E-state index is -0.279. The number of nitrogens with one attached hydrogen (secondary N) is 1. The van der Waals surface area contributed by atoms with Crippen molar-refractivity contribution in [3.05, 3.63) is 20.9 Å². The molecule has 122 valence electrons. The van der Waals surface area contributed by atoms with Crippen molar-refractivity contribution in [2.45, 2.75) is 45.4 Å². The lowest BCUT2D eigenvalue weighted by atomic mass is 9.84. The van der Waals surface area contributed by atoms with Crippen LogP contribution in [0.3, 0.4) is 0 Å². The average molecular weight is 323 g/mol. The van der Waals surface area contributed by atoms with Crippen molar-refractivity contribution in [1.29, 1.82) is 0 Å². The van der Waals surface area contributed by atoms with Gasteiger partial charge in [0.15, 0.2) is 0 Å². The Morgan fingerprint density at radius 1 is 1.45 bits per heavy atom. The van der Waals surface area contributed by atoms with Crippen LogP contribution in [0, 0.1) is 12.8 Å². The minimum Gasteiger partial charge on any atom is -0.465 e. The largest absolute Gasteiger partial charge is 0.465 e. The summed E-state index contributed by atoms with van der Waals surface area (Å²) in [6.45, 7) is 6.42. The molecule has 1 aromatic heterocycles. The van der Waals surface area contributed by atoms with Crippen LogP contribution in [0.5, 0.6) is 0 Å². The predicted octanol–water partition coefficient (Wildman–Crippen LogP) is 3.08. The van der Waals surface area contributed by atoms with E-state index in [0.29, 0.717) is 30.2 Å². The highest BCUT2D eigenvalue weighted by Crippen LogP contribution is 2.40. The van der Waals surface area contributed by atoms with Crippen LogP contribution in [0.25, 0.3) is 0 Å². The highest BCUT2D eigenvalue weighted by atomic mass is 32.1. The average Bonchev–Trinajstić information content (AvgIpc) is 2.88. The van der Waals surface area contributed by atoms with Gasteiger partial charge in [0, 0.05) is 16.2 Å². The number of esters is 1. The molecule has 0 amide bonds. The number of piperidine rings is 1. The molecule has 1 saturated heterocycles. The number of ether oxygens (including phenoxy) is 1. The van der Waals surface area contributed by atoms with Gasteiger partial charge in [-0.05, 0) is 56.7 Å². The van der Waals surface area contributed by atoms with E-state index in [4.69, 9.17) is 4.74 Å². The molecule has 0 spiro atoms. The zero-order chi connectivity index (χ0) is 16.1. The van der Waals surface area contributed by atoms with Gasteiger partial charge >= 0.3 is 5.97 Å². The second kappa shape index (κ2) is 7.88. The number of carbonyl (C=O) groups excluding carboxylic acids is 2. The highest BCUT2D eigenvalue weighted by molar-refractivity contribution is 7.12. The van der Waals surface area contributed by atoms with Crippen molar-refractivity contribution >= 4 is 23.6 Å². The molecule has 1 atom stereocenters. The normalized spacial score (nSPS) is 17.2. The number of methoxy groups -OCH3 is 1. The molecular weight excluding hydrogens is 298 g/mol. The van der Waals surface area contributed by atoms with Gasteiger partial charge in [-0.1, -0.05) is 6.92 Å². The van der Waals surface area contributed by atoms with Crippen molar-refractivity contribution in [1.82, 2.24) is 5.32 Å². The third-order valence-electron chi connectivity index (χ3n) is 4.64. The van der Waals surface area contributed by atoms with E-state index in [9.17, 15) is 9.59 Å². The number of rotatable bonds is 6. The Balaban J connectivity index is 2.32. The summed E-state index contributed by atoms with van der Waals surface area (Å²) in [4.78, 5) is 25.1. The van der Waals surface area contributed by atoms with Gasteiger partial charge in [-0.2, -0.15) is 0 Å². The summed E-state index contributed by atoms with van der Waals surface area (Å²) in [5, 5.41) is 3.40. The standard InChI is InChI=1S/C17H25NO3S/c1-11(13-6-8-18-9-7-13)16-12(2)15(17(20)21-3)14(22-16)5-4-10-19/h10-11,13,18H,4-9H2,1-3H3. The summed E-state index contributed by atoms with van der Waals surface area (Å²) in [5.74, 6) is 0.821. The molecule has 0 saturated carbocycles. The van der Waals surface area contributed by atoms with E-state index >= 15 is 0 Å². The SMILES string of the molecule is COC(=O)c1c(CCC=O)sc(C(C)C2CCNCC2)c1C. The Morgan fingerprint density at radius 3 is 2.73 bits per heavy atom. The number of thiophene rings is 1.